The van der Waals surface area contributed by atoms with Gasteiger partial charge < -0.3 is 15.2 Å². The lowest BCUT2D eigenvalue weighted by atomic mass is 10.1. The van der Waals surface area contributed by atoms with Crippen LogP contribution in [-0.2, 0) is 14.8 Å². The number of aliphatic carboxylic acids is 1. The van der Waals surface area contributed by atoms with Crippen LogP contribution in [0.3, 0.4) is 0 Å². The molecule has 1 aliphatic carbocycles. The molecule has 1 fully saturated rings. The van der Waals surface area contributed by atoms with E-state index in [0.29, 0.717) is 5.56 Å². The largest absolute Gasteiger partial charge is 0.545 e. The number of aromatic nitrogens is 2. The van der Waals surface area contributed by atoms with Crippen molar-refractivity contribution >= 4 is 21.6 Å². The second kappa shape index (κ2) is 5.91. The maximum absolute atomic E-state index is 11.6. The Bertz CT molecular complexity index is 787. The molecule has 1 atom stereocenters. The highest BCUT2D eigenvalue weighted by Gasteiger charge is 2.31. The molecule has 1 unspecified atom stereocenters. The molecule has 8 nitrogen and oxygen atoms in total. The van der Waals surface area contributed by atoms with Gasteiger partial charge in [-0.05, 0) is 31.5 Å². The summed E-state index contributed by atoms with van der Waals surface area (Å²) in [5, 5.41) is 22.7. The first-order chi connectivity index (χ1) is 10.9. The van der Waals surface area contributed by atoms with Gasteiger partial charge in [0, 0.05) is 17.3 Å². The number of sulfonamides is 1. The van der Waals surface area contributed by atoms with E-state index in [1.807, 2.05) is 0 Å². The molecule has 1 aliphatic heterocycles. The maximum Gasteiger partial charge on any atom is 0.219 e. The topological polar surface area (TPSA) is 130 Å². The third-order valence-corrected chi connectivity index (χ3v) is 5.28. The number of primary sulfonamides is 1. The van der Waals surface area contributed by atoms with Crippen LogP contribution in [0.2, 0.25) is 0 Å². The lowest BCUT2D eigenvalue weighted by molar-refractivity contribution is -0.299. The monoisotopic (exact) mass is 337 g/mol. The van der Waals surface area contributed by atoms with Crippen LogP contribution in [0.15, 0.2) is 30.1 Å². The van der Waals surface area contributed by atoms with Gasteiger partial charge in [-0.3, -0.25) is 4.68 Å². The molecular weight excluding hydrogens is 320 g/mol. The van der Waals surface area contributed by atoms with Crippen LogP contribution in [0.1, 0.15) is 24.4 Å². The Morgan fingerprint density at radius 2 is 2.09 bits per heavy atom. The third-order valence-electron chi connectivity index (χ3n) is 4.18. The summed E-state index contributed by atoms with van der Waals surface area (Å²) in [4.78, 5) is 11.4. The zero-order chi connectivity index (χ0) is 16.6. The highest BCUT2D eigenvalue weighted by atomic mass is 32.2. The maximum atomic E-state index is 11.6. The Labute approximate surface area is 133 Å². The van der Waals surface area contributed by atoms with E-state index in [-0.39, 0.29) is 17.2 Å². The molecule has 0 saturated carbocycles. The van der Waals surface area contributed by atoms with Gasteiger partial charge in [0.2, 0.25) is 10.0 Å². The average molecular weight is 337 g/mol. The fraction of sp³-hybridized carbons (Fsp3) is 0.429. The first-order valence-electron chi connectivity index (χ1n) is 7.28. The van der Waals surface area contributed by atoms with Crippen molar-refractivity contribution in [1.82, 2.24) is 15.1 Å². The molecule has 0 aromatic carbocycles. The van der Waals surface area contributed by atoms with Crippen LogP contribution >= 0.6 is 0 Å². The van der Waals surface area contributed by atoms with Crippen molar-refractivity contribution in [1.29, 1.82) is 0 Å². The minimum Gasteiger partial charge on any atom is -0.545 e. The Morgan fingerprint density at radius 3 is 2.70 bits per heavy atom. The molecule has 2 aliphatic rings. The van der Waals surface area contributed by atoms with Crippen molar-refractivity contribution in [3.8, 4) is 0 Å². The molecule has 0 radical (unpaired) electrons. The van der Waals surface area contributed by atoms with Gasteiger partial charge in [-0.25, -0.2) is 13.6 Å². The lowest BCUT2D eigenvalue weighted by Crippen LogP contribution is -2.36. The van der Waals surface area contributed by atoms with E-state index < -0.39 is 21.2 Å². The number of carbonyl (C=O) groups is 1. The average Bonchev–Trinajstić information content (AvgIpc) is 3.14. The van der Waals surface area contributed by atoms with Crippen molar-refractivity contribution in [2.45, 2.75) is 24.1 Å². The van der Waals surface area contributed by atoms with Gasteiger partial charge in [0.25, 0.3) is 0 Å². The van der Waals surface area contributed by atoms with Gasteiger partial charge in [-0.15, -0.1) is 0 Å². The van der Waals surface area contributed by atoms with Crippen molar-refractivity contribution < 1.29 is 18.3 Å². The number of nitrogens with zero attached hydrogens (tertiary/aromatic N) is 2. The van der Waals surface area contributed by atoms with Crippen molar-refractivity contribution in [2.24, 2.45) is 5.14 Å². The van der Waals surface area contributed by atoms with Gasteiger partial charge in [-0.2, -0.15) is 5.10 Å². The molecule has 0 amide bonds. The molecule has 1 aromatic heterocycles. The summed E-state index contributed by atoms with van der Waals surface area (Å²) >= 11 is 0. The smallest absolute Gasteiger partial charge is 0.219 e. The SMILES string of the molecule is NS(=O)(=O)C1C=CC(c2cnn(C3CCNCC3)c2)=C1C(=O)[O-]. The quantitative estimate of drug-likeness (QED) is 0.690. The second-order valence-electron chi connectivity index (χ2n) is 5.67. The number of nitrogens with two attached hydrogens (primary N) is 1. The Hall–Kier alpha value is -1.97. The van der Waals surface area contributed by atoms with Crippen LogP contribution in [-0.4, -0.2) is 42.5 Å². The van der Waals surface area contributed by atoms with Crippen molar-refractivity contribution in [3.63, 3.8) is 0 Å². The van der Waals surface area contributed by atoms with E-state index in [1.54, 1.807) is 10.9 Å². The highest BCUT2D eigenvalue weighted by molar-refractivity contribution is 7.90. The summed E-state index contributed by atoms with van der Waals surface area (Å²) in [5.41, 5.74) is 0.492. The minimum absolute atomic E-state index is 0.247. The summed E-state index contributed by atoms with van der Waals surface area (Å²) in [7, 11) is -4.05. The number of piperidine rings is 1. The zero-order valence-electron chi connectivity index (χ0n) is 12.3. The van der Waals surface area contributed by atoms with Gasteiger partial charge in [0.1, 0.15) is 5.25 Å². The predicted molar refractivity (Wildman–Crippen MR) is 81.3 cm³/mol. The van der Waals surface area contributed by atoms with Crippen LogP contribution in [0.25, 0.3) is 5.57 Å². The molecule has 3 rings (SSSR count). The number of carboxylic acids is 1. The molecule has 23 heavy (non-hydrogen) atoms. The summed E-state index contributed by atoms with van der Waals surface area (Å²) in [6.07, 6.45) is 7.86. The standard InChI is InChI=1S/C14H18N4O4S/c15-23(21,22)12-2-1-11(13(12)14(19)20)9-7-17-18(8-9)10-3-5-16-6-4-10/h1-2,7-8,10,12,16H,3-6H2,(H,19,20)(H2,15,21,22)/p-1. The summed E-state index contributed by atoms with van der Waals surface area (Å²) in [5.74, 6) is -1.54. The molecule has 3 N–H and O–H groups in total. The van der Waals surface area contributed by atoms with Gasteiger partial charge in [-0.1, -0.05) is 12.2 Å². The van der Waals surface area contributed by atoms with Crippen molar-refractivity contribution in [2.75, 3.05) is 13.1 Å². The van der Waals surface area contributed by atoms with E-state index in [0.717, 1.165) is 25.9 Å². The van der Waals surface area contributed by atoms with E-state index >= 15 is 0 Å². The fourth-order valence-electron chi connectivity index (χ4n) is 3.02. The van der Waals surface area contributed by atoms with Crippen LogP contribution < -0.4 is 15.6 Å². The van der Waals surface area contributed by atoms with Crippen LogP contribution in [0, 0.1) is 0 Å². The number of carbonyl (C=O) groups excluding carboxylic acids is 1. The molecule has 124 valence electrons. The van der Waals surface area contributed by atoms with E-state index in [2.05, 4.69) is 10.4 Å². The molecule has 2 heterocycles. The molecule has 0 spiro atoms. The van der Waals surface area contributed by atoms with Gasteiger partial charge in [0.15, 0.2) is 0 Å². The number of rotatable bonds is 4. The van der Waals surface area contributed by atoms with Gasteiger partial charge >= 0.3 is 0 Å². The summed E-state index contributed by atoms with van der Waals surface area (Å²) in [6, 6.07) is 0.247. The molecule has 1 aromatic rings. The fourth-order valence-corrected chi connectivity index (χ4v) is 3.87. The van der Waals surface area contributed by atoms with E-state index in [9.17, 15) is 18.3 Å². The van der Waals surface area contributed by atoms with Gasteiger partial charge in [0.05, 0.1) is 18.2 Å². The highest BCUT2D eigenvalue weighted by Crippen LogP contribution is 2.31. The van der Waals surface area contributed by atoms with E-state index in [1.165, 1.54) is 18.3 Å². The van der Waals surface area contributed by atoms with Crippen molar-refractivity contribution in [3.05, 3.63) is 35.7 Å². The Morgan fingerprint density at radius 1 is 1.39 bits per heavy atom. The normalized spacial score (nSPS) is 22.7. The Balaban J connectivity index is 1.97. The van der Waals surface area contributed by atoms with E-state index in [4.69, 9.17) is 5.14 Å². The molecule has 0 bridgehead atoms. The number of hydrogen-bond acceptors (Lipinski definition) is 6. The number of hydrogen-bond donors (Lipinski definition) is 2. The number of carboxylic acid groups (broad SMARTS) is 1. The first kappa shape index (κ1) is 15.9. The van der Waals surface area contributed by atoms with Crippen LogP contribution in [0.5, 0.6) is 0 Å². The zero-order valence-corrected chi connectivity index (χ0v) is 13.1. The third kappa shape index (κ3) is 3.07. The first-order valence-corrected chi connectivity index (χ1v) is 8.89. The Kier molecular flexibility index (Phi) is 4.09. The lowest BCUT2D eigenvalue weighted by Gasteiger charge is -2.22. The second-order valence-corrected chi connectivity index (χ2v) is 7.36. The number of nitrogens with one attached hydrogen (secondary N) is 1. The summed E-state index contributed by atoms with van der Waals surface area (Å²) in [6.45, 7) is 1.81. The van der Waals surface area contributed by atoms with Crippen LogP contribution in [0.4, 0.5) is 0 Å². The molecular formula is C14H17N4O4S-. The molecule has 9 heteroatoms. The molecule has 1 saturated heterocycles. The number of allylic oxidation sites excluding steroid dienone is 2. The minimum atomic E-state index is -4.05. The predicted octanol–water partition coefficient (Wildman–Crippen LogP) is -1.46. The summed E-state index contributed by atoms with van der Waals surface area (Å²) < 4.78 is 24.9.